The number of nitriles is 1. The normalized spacial score (nSPS) is 23.1. The molecule has 0 N–H and O–H groups in total. The van der Waals surface area contributed by atoms with Gasteiger partial charge in [0.15, 0.2) is 0 Å². The highest BCUT2D eigenvalue weighted by Crippen LogP contribution is 2.28. The van der Waals surface area contributed by atoms with Gasteiger partial charge in [-0.2, -0.15) is 10.4 Å². The number of aromatic nitrogens is 2. The van der Waals surface area contributed by atoms with Gasteiger partial charge in [0, 0.05) is 38.4 Å². The van der Waals surface area contributed by atoms with Gasteiger partial charge in [0.2, 0.25) is 5.91 Å². The summed E-state index contributed by atoms with van der Waals surface area (Å²) in [5, 5.41) is 13.3. The van der Waals surface area contributed by atoms with Crippen LogP contribution in [0, 0.1) is 16.7 Å². The van der Waals surface area contributed by atoms with Crippen molar-refractivity contribution < 1.29 is 4.79 Å². The first-order valence-electron chi connectivity index (χ1n) is 6.79. The van der Waals surface area contributed by atoms with Crippen LogP contribution in [0.15, 0.2) is 18.5 Å². The van der Waals surface area contributed by atoms with E-state index in [0.717, 1.165) is 32.4 Å². The molecule has 1 aromatic heterocycles. The van der Waals surface area contributed by atoms with Crippen molar-refractivity contribution in [1.29, 1.82) is 5.26 Å². The van der Waals surface area contributed by atoms with Gasteiger partial charge < -0.3 is 4.90 Å². The van der Waals surface area contributed by atoms with Crippen LogP contribution in [-0.2, 0) is 11.3 Å². The van der Waals surface area contributed by atoms with E-state index >= 15 is 0 Å². The maximum atomic E-state index is 12.1. The first-order chi connectivity index (χ1) is 9.13. The maximum absolute atomic E-state index is 12.1. The molecular formula is C14H20N4O. The van der Waals surface area contributed by atoms with Gasteiger partial charge in [-0.25, -0.2) is 0 Å². The molecule has 102 valence electrons. The van der Waals surface area contributed by atoms with E-state index in [4.69, 9.17) is 5.26 Å². The Morgan fingerprint density at radius 2 is 2.42 bits per heavy atom. The lowest BCUT2D eigenvalue weighted by atomic mass is 9.83. The molecule has 1 atom stereocenters. The van der Waals surface area contributed by atoms with E-state index in [1.807, 2.05) is 28.8 Å². The van der Waals surface area contributed by atoms with E-state index in [1.54, 1.807) is 6.20 Å². The van der Waals surface area contributed by atoms with Crippen LogP contribution in [0.5, 0.6) is 0 Å². The van der Waals surface area contributed by atoms with Crippen molar-refractivity contribution in [3.05, 3.63) is 18.5 Å². The second kappa shape index (κ2) is 5.87. The third kappa shape index (κ3) is 3.57. The minimum absolute atomic E-state index is 0.160. The van der Waals surface area contributed by atoms with Gasteiger partial charge in [-0.05, 0) is 32.3 Å². The summed E-state index contributed by atoms with van der Waals surface area (Å²) in [6, 6.07) is 4.22. The van der Waals surface area contributed by atoms with Gasteiger partial charge in [0.25, 0.3) is 0 Å². The van der Waals surface area contributed by atoms with E-state index in [2.05, 4.69) is 11.2 Å². The van der Waals surface area contributed by atoms with Crippen LogP contribution in [0.2, 0.25) is 0 Å². The maximum Gasteiger partial charge on any atom is 0.222 e. The van der Waals surface area contributed by atoms with E-state index < -0.39 is 0 Å². The molecule has 1 saturated heterocycles. The minimum atomic E-state index is -0.365. The number of carbonyl (C=O) groups excluding carboxylic acids is 1. The molecule has 0 bridgehead atoms. The number of aryl methyl sites for hydroxylation is 1. The Kier molecular flexibility index (Phi) is 4.20. The summed E-state index contributed by atoms with van der Waals surface area (Å²) in [4.78, 5) is 14.0. The van der Waals surface area contributed by atoms with Crippen molar-refractivity contribution in [2.45, 2.75) is 39.2 Å². The van der Waals surface area contributed by atoms with E-state index in [0.29, 0.717) is 13.0 Å². The highest BCUT2D eigenvalue weighted by atomic mass is 16.2. The lowest BCUT2D eigenvalue weighted by Gasteiger charge is -2.36. The highest BCUT2D eigenvalue weighted by Gasteiger charge is 2.32. The van der Waals surface area contributed by atoms with Crippen molar-refractivity contribution in [3.63, 3.8) is 0 Å². The molecule has 0 spiro atoms. The summed E-state index contributed by atoms with van der Waals surface area (Å²) in [5.41, 5.74) is -0.365. The molecule has 0 saturated carbocycles. The lowest BCUT2D eigenvalue weighted by Crippen LogP contribution is -2.44. The quantitative estimate of drug-likeness (QED) is 0.829. The largest absolute Gasteiger partial charge is 0.341 e. The van der Waals surface area contributed by atoms with E-state index in [1.165, 1.54) is 0 Å². The molecule has 1 fully saturated rings. The minimum Gasteiger partial charge on any atom is -0.341 e. The molecule has 0 aromatic carbocycles. The molecule has 2 heterocycles. The average molecular weight is 260 g/mol. The van der Waals surface area contributed by atoms with Crippen LogP contribution < -0.4 is 0 Å². The molecule has 0 radical (unpaired) electrons. The molecule has 0 aliphatic carbocycles. The number of amides is 1. The van der Waals surface area contributed by atoms with Crippen LogP contribution in [0.25, 0.3) is 0 Å². The van der Waals surface area contributed by atoms with Crippen molar-refractivity contribution in [1.82, 2.24) is 14.7 Å². The van der Waals surface area contributed by atoms with Crippen molar-refractivity contribution in [3.8, 4) is 6.07 Å². The molecule has 1 amide bonds. The van der Waals surface area contributed by atoms with Crippen LogP contribution in [0.4, 0.5) is 0 Å². The Labute approximate surface area is 113 Å². The van der Waals surface area contributed by atoms with Gasteiger partial charge in [-0.3, -0.25) is 9.48 Å². The predicted octanol–water partition coefficient (Wildman–Crippen LogP) is 1.82. The number of hydrogen-bond acceptors (Lipinski definition) is 3. The SMILES string of the molecule is CC1(C#N)CCCN(C(=O)CCCn2cccn2)C1. The monoisotopic (exact) mass is 260 g/mol. The van der Waals surface area contributed by atoms with Gasteiger partial charge >= 0.3 is 0 Å². The molecule has 19 heavy (non-hydrogen) atoms. The molecular weight excluding hydrogens is 240 g/mol. The Bertz CT molecular complexity index is 462. The topological polar surface area (TPSA) is 61.9 Å². The predicted molar refractivity (Wildman–Crippen MR) is 71.0 cm³/mol. The van der Waals surface area contributed by atoms with Crippen LogP contribution in [0.1, 0.15) is 32.6 Å². The molecule has 5 heteroatoms. The molecule has 5 nitrogen and oxygen atoms in total. The summed E-state index contributed by atoms with van der Waals surface area (Å²) in [6.45, 7) is 4.07. The summed E-state index contributed by atoms with van der Waals surface area (Å²) in [6.07, 6.45) is 6.78. The highest BCUT2D eigenvalue weighted by molar-refractivity contribution is 5.76. The van der Waals surface area contributed by atoms with Crippen LogP contribution in [0.3, 0.4) is 0 Å². The number of carbonyl (C=O) groups is 1. The molecule has 1 aliphatic rings. The zero-order valence-corrected chi connectivity index (χ0v) is 11.4. The standard InChI is InChI=1S/C14H20N4O/c1-14(11-15)6-3-8-17(12-14)13(19)5-2-9-18-10-4-7-16-18/h4,7,10H,2-3,5-6,8-9,12H2,1H3. The molecule has 1 unspecified atom stereocenters. The third-order valence-electron chi connectivity index (χ3n) is 3.66. The molecule has 1 aliphatic heterocycles. The summed E-state index contributed by atoms with van der Waals surface area (Å²) >= 11 is 0. The molecule has 1 aromatic rings. The first kappa shape index (κ1) is 13.6. The van der Waals surface area contributed by atoms with Gasteiger partial charge in [0.05, 0.1) is 11.5 Å². The zero-order chi connectivity index (χ0) is 13.7. The third-order valence-corrected chi connectivity index (χ3v) is 3.66. The van der Waals surface area contributed by atoms with Gasteiger partial charge in [-0.15, -0.1) is 0 Å². The fourth-order valence-corrected chi connectivity index (χ4v) is 2.53. The Hall–Kier alpha value is -1.83. The molecule has 2 rings (SSSR count). The van der Waals surface area contributed by atoms with Gasteiger partial charge in [0.1, 0.15) is 0 Å². The van der Waals surface area contributed by atoms with Crippen molar-refractivity contribution >= 4 is 5.91 Å². The average Bonchev–Trinajstić information content (AvgIpc) is 2.92. The second-order valence-corrected chi connectivity index (χ2v) is 5.46. The number of likely N-dealkylation sites (tertiary alicyclic amines) is 1. The van der Waals surface area contributed by atoms with E-state index in [-0.39, 0.29) is 11.3 Å². The summed E-state index contributed by atoms with van der Waals surface area (Å²) in [7, 11) is 0. The fraction of sp³-hybridized carbons (Fsp3) is 0.643. The fourth-order valence-electron chi connectivity index (χ4n) is 2.53. The van der Waals surface area contributed by atoms with Gasteiger partial charge in [-0.1, -0.05) is 0 Å². The van der Waals surface area contributed by atoms with Crippen LogP contribution >= 0.6 is 0 Å². The Morgan fingerprint density at radius 3 is 3.11 bits per heavy atom. The Morgan fingerprint density at radius 1 is 1.58 bits per heavy atom. The Balaban J connectivity index is 1.78. The second-order valence-electron chi connectivity index (χ2n) is 5.46. The number of piperidine rings is 1. The van der Waals surface area contributed by atoms with Crippen molar-refractivity contribution in [2.24, 2.45) is 5.41 Å². The van der Waals surface area contributed by atoms with Crippen molar-refractivity contribution in [2.75, 3.05) is 13.1 Å². The zero-order valence-electron chi connectivity index (χ0n) is 11.4. The lowest BCUT2D eigenvalue weighted by molar-refractivity contribution is -0.133. The summed E-state index contributed by atoms with van der Waals surface area (Å²) in [5.74, 6) is 0.160. The van der Waals surface area contributed by atoms with E-state index in [9.17, 15) is 4.79 Å². The first-order valence-corrected chi connectivity index (χ1v) is 6.79. The number of rotatable bonds is 4. The number of nitrogens with zero attached hydrogens (tertiary/aromatic N) is 4. The van der Waals surface area contributed by atoms with Crippen LogP contribution in [-0.4, -0.2) is 33.7 Å². The summed E-state index contributed by atoms with van der Waals surface area (Å²) < 4.78 is 1.84. The smallest absolute Gasteiger partial charge is 0.222 e. The number of hydrogen-bond donors (Lipinski definition) is 0.